The molecule has 1 unspecified atom stereocenters. The summed E-state index contributed by atoms with van der Waals surface area (Å²) < 4.78 is 11.2. The Labute approximate surface area is 89.0 Å². The molecule has 3 heteroatoms. The van der Waals surface area contributed by atoms with Crippen molar-refractivity contribution in [1.82, 2.24) is 0 Å². The molecule has 1 atom stereocenters. The van der Waals surface area contributed by atoms with E-state index in [1.54, 1.807) is 11.8 Å². The van der Waals surface area contributed by atoms with Crippen LogP contribution in [0, 0.1) is 13.8 Å². The monoisotopic (exact) mass is 212 g/mol. The van der Waals surface area contributed by atoms with Crippen LogP contribution < -0.4 is 0 Å². The molecule has 0 spiro atoms. The van der Waals surface area contributed by atoms with Crippen molar-refractivity contribution in [2.24, 2.45) is 0 Å². The summed E-state index contributed by atoms with van der Waals surface area (Å²) in [6.45, 7) is 7.04. The van der Waals surface area contributed by atoms with Gasteiger partial charge in [-0.3, -0.25) is 0 Å². The SMILES string of the molecule is Cc1cc(SC2(C)CCCO2)c(C)o1. The van der Waals surface area contributed by atoms with Crippen LogP contribution in [-0.4, -0.2) is 11.5 Å². The fourth-order valence-corrected chi connectivity index (χ4v) is 3.04. The first-order chi connectivity index (χ1) is 6.59. The molecule has 0 aromatic carbocycles. The average molecular weight is 212 g/mol. The van der Waals surface area contributed by atoms with E-state index in [9.17, 15) is 0 Å². The van der Waals surface area contributed by atoms with E-state index in [1.807, 2.05) is 13.8 Å². The number of aryl methyl sites for hydroxylation is 2. The van der Waals surface area contributed by atoms with E-state index in [-0.39, 0.29) is 4.93 Å². The number of furan rings is 1. The van der Waals surface area contributed by atoms with E-state index >= 15 is 0 Å². The van der Waals surface area contributed by atoms with Gasteiger partial charge in [-0.15, -0.1) is 0 Å². The molecular formula is C11H16O2S. The minimum absolute atomic E-state index is 0.0406. The Hall–Kier alpha value is -0.410. The van der Waals surface area contributed by atoms with E-state index in [0.717, 1.165) is 24.5 Å². The summed E-state index contributed by atoms with van der Waals surface area (Å²) in [4.78, 5) is 1.17. The molecule has 78 valence electrons. The number of hydrogen-bond acceptors (Lipinski definition) is 3. The van der Waals surface area contributed by atoms with Crippen LogP contribution in [-0.2, 0) is 4.74 Å². The first-order valence-corrected chi connectivity index (χ1v) is 5.81. The fourth-order valence-electron chi connectivity index (χ4n) is 1.78. The second-order valence-corrected chi connectivity index (χ2v) is 5.47. The molecule has 14 heavy (non-hydrogen) atoms. The third-order valence-corrected chi connectivity index (χ3v) is 3.88. The van der Waals surface area contributed by atoms with Crippen LogP contribution in [0.3, 0.4) is 0 Å². The van der Waals surface area contributed by atoms with Gasteiger partial charge in [0.05, 0.1) is 4.90 Å². The minimum atomic E-state index is -0.0406. The standard InChI is InChI=1S/C11H16O2S/c1-8-7-10(9(2)13-8)14-11(3)5-4-6-12-11/h7H,4-6H2,1-3H3. The molecular weight excluding hydrogens is 196 g/mol. The third-order valence-electron chi connectivity index (χ3n) is 2.50. The van der Waals surface area contributed by atoms with E-state index in [1.165, 1.54) is 11.3 Å². The van der Waals surface area contributed by atoms with Crippen molar-refractivity contribution in [3.63, 3.8) is 0 Å². The molecule has 0 aliphatic carbocycles. The normalized spacial score (nSPS) is 27.1. The third kappa shape index (κ3) is 1.98. The maximum Gasteiger partial charge on any atom is 0.115 e. The van der Waals surface area contributed by atoms with Crippen molar-refractivity contribution in [2.75, 3.05) is 6.61 Å². The lowest BCUT2D eigenvalue weighted by atomic mass is 10.3. The van der Waals surface area contributed by atoms with Crippen LogP contribution in [0.2, 0.25) is 0 Å². The van der Waals surface area contributed by atoms with E-state index in [0.29, 0.717) is 0 Å². The van der Waals surface area contributed by atoms with Crippen molar-refractivity contribution in [1.29, 1.82) is 0 Å². The molecule has 1 aliphatic rings. The summed E-state index contributed by atoms with van der Waals surface area (Å²) in [5.41, 5.74) is 0. The van der Waals surface area contributed by atoms with Gasteiger partial charge in [-0.1, -0.05) is 11.8 Å². The van der Waals surface area contributed by atoms with Crippen LogP contribution in [0.5, 0.6) is 0 Å². The van der Waals surface area contributed by atoms with Crippen LogP contribution in [0.15, 0.2) is 15.4 Å². The summed E-state index contributed by atoms with van der Waals surface area (Å²) in [7, 11) is 0. The zero-order chi connectivity index (χ0) is 10.2. The Kier molecular flexibility index (Phi) is 2.62. The molecule has 0 N–H and O–H groups in total. The average Bonchev–Trinajstić information content (AvgIpc) is 2.61. The first kappa shape index (κ1) is 10.1. The number of hydrogen-bond donors (Lipinski definition) is 0. The topological polar surface area (TPSA) is 22.4 Å². The second kappa shape index (κ2) is 3.63. The second-order valence-electron chi connectivity index (χ2n) is 3.97. The molecule has 0 saturated carbocycles. The molecule has 1 aromatic heterocycles. The lowest BCUT2D eigenvalue weighted by Gasteiger charge is -2.21. The fraction of sp³-hybridized carbons (Fsp3) is 0.636. The zero-order valence-electron chi connectivity index (χ0n) is 8.92. The van der Waals surface area contributed by atoms with Crippen molar-refractivity contribution < 1.29 is 9.15 Å². The molecule has 2 heterocycles. The van der Waals surface area contributed by atoms with Crippen LogP contribution >= 0.6 is 11.8 Å². The Balaban J connectivity index is 2.13. The molecule has 1 fully saturated rings. The van der Waals surface area contributed by atoms with Crippen molar-refractivity contribution in [2.45, 2.75) is 43.4 Å². The number of rotatable bonds is 2. The summed E-state index contributed by atoms with van der Waals surface area (Å²) in [6, 6.07) is 2.09. The molecule has 2 rings (SSSR count). The maximum atomic E-state index is 5.73. The Bertz CT molecular complexity index is 324. The van der Waals surface area contributed by atoms with Gasteiger partial charge in [-0.2, -0.15) is 0 Å². The largest absolute Gasteiger partial charge is 0.465 e. The summed E-state index contributed by atoms with van der Waals surface area (Å²) in [5.74, 6) is 1.98. The summed E-state index contributed by atoms with van der Waals surface area (Å²) in [5, 5.41) is 0. The first-order valence-electron chi connectivity index (χ1n) is 4.99. The van der Waals surface area contributed by atoms with Gasteiger partial charge in [0.25, 0.3) is 0 Å². The number of ether oxygens (including phenoxy) is 1. The predicted octanol–water partition coefficient (Wildman–Crippen LogP) is 3.52. The highest BCUT2D eigenvalue weighted by molar-refractivity contribution is 8.00. The lowest BCUT2D eigenvalue weighted by molar-refractivity contribution is 0.0970. The van der Waals surface area contributed by atoms with Crippen molar-refractivity contribution in [3.05, 3.63) is 17.6 Å². The molecule has 0 bridgehead atoms. The smallest absolute Gasteiger partial charge is 0.115 e. The van der Waals surface area contributed by atoms with Gasteiger partial charge in [0, 0.05) is 6.61 Å². The zero-order valence-corrected chi connectivity index (χ0v) is 9.74. The molecule has 0 radical (unpaired) electrons. The Morgan fingerprint density at radius 3 is 2.71 bits per heavy atom. The van der Waals surface area contributed by atoms with Gasteiger partial charge in [-0.25, -0.2) is 0 Å². The molecule has 1 aliphatic heterocycles. The lowest BCUT2D eigenvalue weighted by Crippen LogP contribution is -2.16. The Morgan fingerprint density at radius 1 is 1.43 bits per heavy atom. The van der Waals surface area contributed by atoms with Crippen LogP contribution in [0.25, 0.3) is 0 Å². The van der Waals surface area contributed by atoms with E-state index in [2.05, 4.69) is 13.0 Å². The van der Waals surface area contributed by atoms with E-state index < -0.39 is 0 Å². The molecule has 1 aromatic rings. The quantitative estimate of drug-likeness (QED) is 0.749. The van der Waals surface area contributed by atoms with Gasteiger partial charge in [0.1, 0.15) is 16.5 Å². The van der Waals surface area contributed by atoms with Crippen LogP contribution in [0.4, 0.5) is 0 Å². The molecule has 1 saturated heterocycles. The van der Waals surface area contributed by atoms with Gasteiger partial charge >= 0.3 is 0 Å². The van der Waals surface area contributed by atoms with Gasteiger partial charge in [0.15, 0.2) is 0 Å². The van der Waals surface area contributed by atoms with Crippen LogP contribution in [0.1, 0.15) is 31.3 Å². The summed E-state index contributed by atoms with van der Waals surface area (Å²) in [6.07, 6.45) is 2.29. The van der Waals surface area contributed by atoms with Crippen molar-refractivity contribution >= 4 is 11.8 Å². The summed E-state index contributed by atoms with van der Waals surface area (Å²) >= 11 is 1.78. The highest BCUT2D eigenvalue weighted by Gasteiger charge is 2.31. The van der Waals surface area contributed by atoms with Gasteiger partial charge in [-0.05, 0) is 39.7 Å². The molecule has 0 amide bonds. The van der Waals surface area contributed by atoms with E-state index in [4.69, 9.17) is 9.15 Å². The predicted molar refractivity (Wildman–Crippen MR) is 57.6 cm³/mol. The highest BCUT2D eigenvalue weighted by Crippen LogP contribution is 2.42. The Morgan fingerprint density at radius 2 is 2.21 bits per heavy atom. The van der Waals surface area contributed by atoms with Gasteiger partial charge in [0.2, 0.25) is 0 Å². The van der Waals surface area contributed by atoms with Gasteiger partial charge < -0.3 is 9.15 Å². The minimum Gasteiger partial charge on any atom is -0.465 e. The molecule has 2 nitrogen and oxygen atoms in total. The maximum absolute atomic E-state index is 5.73. The highest BCUT2D eigenvalue weighted by atomic mass is 32.2. The number of thioether (sulfide) groups is 1. The van der Waals surface area contributed by atoms with Crippen molar-refractivity contribution in [3.8, 4) is 0 Å².